The molecule has 0 fully saturated rings. The van der Waals surface area contributed by atoms with Crippen LogP contribution in [0.25, 0.3) is 11.0 Å². The van der Waals surface area contributed by atoms with Gasteiger partial charge in [0, 0.05) is 32.2 Å². The first-order valence-electron chi connectivity index (χ1n) is 8.49. The minimum atomic E-state index is 0.00260. The van der Waals surface area contributed by atoms with Gasteiger partial charge in [-0.2, -0.15) is 0 Å². The van der Waals surface area contributed by atoms with E-state index in [-0.39, 0.29) is 11.9 Å². The number of amides is 1. The Morgan fingerprint density at radius 2 is 1.88 bits per heavy atom. The zero-order valence-electron chi connectivity index (χ0n) is 14.7. The van der Waals surface area contributed by atoms with E-state index in [2.05, 4.69) is 35.2 Å². The van der Waals surface area contributed by atoms with Gasteiger partial charge in [-0.1, -0.05) is 17.3 Å². The Kier molecular flexibility index (Phi) is 3.67. The number of hydrogen-bond acceptors (Lipinski definition) is 4. The van der Waals surface area contributed by atoms with Crippen molar-refractivity contribution in [3.8, 4) is 0 Å². The van der Waals surface area contributed by atoms with Crippen molar-refractivity contribution >= 4 is 28.3 Å². The van der Waals surface area contributed by atoms with Gasteiger partial charge in [0.05, 0.1) is 16.9 Å². The highest BCUT2D eigenvalue weighted by Gasteiger charge is 2.29. The second-order valence-corrected chi connectivity index (χ2v) is 6.64. The number of para-hydroxylation sites is 2. The Balaban J connectivity index is 1.80. The molecule has 0 spiro atoms. The number of anilines is 2. The molecule has 0 saturated carbocycles. The number of aryl methyl sites for hydroxylation is 1. The highest BCUT2D eigenvalue weighted by Crippen LogP contribution is 2.34. The number of fused-ring (bicyclic) bond motifs is 2. The molecule has 6 heteroatoms. The second kappa shape index (κ2) is 5.88. The van der Waals surface area contributed by atoms with Crippen LogP contribution in [0.1, 0.15) is 23.7 Å². The molecule has 2 aromatic carbocycles. The van der Waals surface area contributed by atoms with Crippen LogP contribution in [0, 0.1) is 0 Å². The molecule has 1 atom stereocenters. The van der Waals surface area contributed by atoms with Gasteiger partial charge in [-0.15, -0.1) is 5.10 Å². The van der Waals surface area contributed by atoms with Crippen molar-refractivity contribution in [3.05, 3.63) is 48.0 Å². The summed E-state index contributed by atoms with van der Waals surface area (Å²) >= 11 is 0. The molecule has 6 nitrogen and oxygen atoms in total. The lowest BCUT2D eigenvalue weighted by Crippen LogP contribution is -2.38. The fourth-order valence-electron chi connectivity index (χ4n) is 3.48. The highest BCUT2D eigenvalue weighted by atomic mass is 16.2. The average Bonchev–Trinajstić information content (AvgIpc) is 2.94. The van der Waals surface area contributed by atoms with Crippen molar-refractivity contribution in [2.45, 2.75) is 19.4 Å². The predicted molar refractivity (Wildman–Crippen MR) is 99.1 cm³/mol. The molecule has 0 aliphatic carbocycles. The van der Waals surface area contributed by atoms with Crippen molar-refractivity contribution in [1.29, 1.82) is 0 Å². The smallest absolute Gasteiger partial charge is 0.258 e. The molecule has 1 aromatic heterocycles. The zero-order chi connectivity index (χ0) is 17.6. The molecule has 2 heterocycles. The molecule has 1 unspecified atom stereocenters. The van der Waals surface area contributed by atoms with Gasteiger partial charge in [-0.05, 0) is 43.7 Å². The van der Waals surface area contributed by atoms with Gasteiger partial charge in [0.15, 0.2) is 0 Å². The normalized spacial score (nSPS) is 17.5. The molecule has 1 amide bonds. The summed E-state index contributed by atoms with van der Waals surface area (Å²) in [4.78, 5) is 17.5. The predicted octanol–water partition coefficient (Wildman–Crippen LogP) is 2.84. The van der Waals surface area contributed by atoms with E-state index in [0.29, 0.717) is 5.56 Å². The SMILES string of the molecule is CC1CCN(C)c2ccccc2N1C(=O)c1ccc2c(c1)nnn2C. The lowest BCUT2D eigenvalue weighted by atomic mass is 10.1. The molecule has 0 radical (unpaired) electrons. The zero-order valence-corrected chi connectivity index (χ0v) is 14.7. The van der Waals surface area contributed by atoms with E-state index in [9.17, 15) is 4.79 Å². The van der Waals surface area contributed by atoms with Gasteiger partial charge in [0.25, 0.3) is 5.91 Å². The van der Waals surface area contributed by atoms with Gasteiger partial charge < -0.3 is 9.80 Å². The van der Waals surface area contributed by atoms with E-state index >= 15 is 0 Å². The van der Waals surface area contributed by atoms with Gasteiger partial charge in [-0.3, -0.25) is 4.79 Å². The van der Waals surface area contributed by atoms with Crippen LogP contribution >= 0.6 is 0 Å². The molecule has 0 N–H and O–H groups in total. The molecule has 1 aliphatic rings. The largest absolute Gasteiger partial charge is 0.373 e. The van der Waals surface area contributed by atoms with Crippen LogP contribution in [0.2, 0.25) is 0 Å². The van der Waals surface area contributed by atoms with Crippen molar-refractivity contribution < 1.29 is 4.79 Å². The number of carbonyl (C=O) groups excluding carboxylic acids is 1. The third-order valence-electron chi connectivity index (χ3n) is 4.95. The molecule has 3 aromatic rings. The molecular weight excluding hydrogens is 314 g/mol. The lowest BCUT2D eigenvalue weighted by Gasteiger charge is -2.28. The van der Waals surface area contributed by atoms with Crippen LogP contribution < -0.4 is 9.80 Å². The topological polar surface area (TPSA) is 54.3 Å². The van der Waals surface area contributed by atoms with Crippen molar-refractivity contribution in [3.63, 3.8) is 0 Å². The molecule has 0 bridgehead atoms. The third kappa shape index (κ3) is 2.54. The fourth-order valence-corrected chi connectivity index (χ4v) is 3.48. The van der Waals surface area contributed by atoms with Crippen LogP contribution in [0.5, 0.6) is 0 Å². The van der Waals surface area contributed by atoms with Crippen LogP contribution in [0.4, 0.5) is 11.4 Å². The van der Waals surface area contributed by atoms with Gasteiger partial charge in [0.1, 0.15) is 5.52 Å². The van der Waals surface area contributed by atoms with E-state index < -0.39 is 0 Å². The average molecular weight is 335 g/mol. The van der Waals surface area contributed by atoms with Crippen LogP contribution in [0.3, 0.4) is 0 Å². The van der Waals surface area contributed by atoms with Crippen LogP contribution in [-0.4, -0.2) is 40.5 Å². The number of nitrogens with zero attached hydrogens (tertiary/aromatic N) is 5. The van der Waals surface area contributed by atoms with E-state index in [0.717, 1.165) is 35.4 Å². The highest BCUT2D eigenvalue weighted by molar-refractivity contribution is 6.09. The monoisotopic (exact) mass is 335 g/mol. The maximum Gasteiger partial charge on any atom is 0.258 e. The van der Waals surface area contributed by atoms with Crippen LogP contribution in [-0.2, 0) is 7.05 Å². The minimum Gasteiger partial charge on any atom is -0.373 e. The molecule has 0 saturated heterocycles. The second-order valence-electron chi connectivity index (χ2n) is 6.64. The van der Waals surface area contributed by atoms with Gasteiger partial charge in [0.2, 0.25) is 0 Å². The Bertz CT molecular complexity index is 948. The summed E-state index contributed by atoms with van der Waals surface area (Å²) in [6, 6.07) is 13.8. The minimum absolute atomic E-state index is 0.00260. The first kappa shape index (κ1) is 15.6. The van der Waals surface area contributed by atoms with Crippen molar-refractivity contribution in [2.24, 2.45) is 7.05 Å². The molecular formula is C19H21N5O. The summed E-state index contributed by atoms with van der Waals surface area (Å²) in [6.45, 7) is 3.03. The number of rotatable bonds is 1. The summed E-state index contributed by atoms with van der Waals surface area (Å²) in [5.41, 5.74) is 4.33. The van der Waals surface area contributed by atoms with Crippen molar-refractivity contribution in [2.75, 3.05) is 23.4 Å². The Hall–Kier alpha value is -2.89. The number of carbonyl (C=O) groups is 1. The summed E-state index contributed by atoms with van der Waals surface area (Å²) in [5.74, 6) is 0.00260. The quantitative estimate of drug-likeness (QED) is 0.686. The van der Waals surface area contributed by atoms with E-state index in [1.807, 2.05) is 48.3 Å². The molecule has 25 heavy (non-hydrogen) atoms. The molecule has 128 valence electrons. The van der Waals surface area contributed by atoms with Gasteiger partial charge >= 0.3 is 0 Å². The number of aromatic nitrogens is 3. The van der Waals surface area contributed by atoms with Crippen LogP contribution in [0.15, 0.2) is 42.5 Å². The first-order chi connectivity index (χ1) is 12.1. The maximum atomic E-state index is 13.3. The summed E-state index contributed by atoms with van der Waals surface area (Å²) < 4.78 is 1.71. The maximum absolute atomic E-state index is 13.3. The summed E-state index contributed by atoms with van der Waals surface area (Å²) in [6.07, 6.45) is 0.921. The lowest BCUT2D eigenvalue weighted by molar-refractivity contribution is 0.0978. The third-order valence-corrected chi connectivity index (χ3v) is 4.95. The van der Waals surface area contributed by atoms with E-state index in [1.165, 1.54) is 0 Å². The van der Waals surface area contributed by atoms with E-state index in [1.54, 1.807) is 4.68 Å². The standard InChI is InChI=1S/C19H21N5O/c1-13-10-11-22(2)17-6-4-5-7-18(17)24(13)19(25)14-8-9-16-15(12-14)20-21-23(16)3/h4-9,12-13H,10-11H2,1-3H3. The van der Waals surface area contributed by atoms with Gasteiger partial charge in [-0.25, -0.2) is 4.68 Å². The fraction of sp³-hybridized carbons (Fsp3) is 0.316. The first-order valence-corrected chi connectivity index (χ1v) is 8.49. The summed E-state index contributed by atoms with van der Waals surface area (Å²) in [5, 5.41) is 8.15. The number of benzene rings is 2. The van der Waals surface area contributed by atoms with Crippen molar-refractivity contribution in [1.82, 2.24) is 15.0 Å². The summed E-state index contributed by atoms with van der Waals surface area (Å²) in [7, 11) is 3.92. The molecule has 1 aliphatic heterocycles. The van der Waals surface area contributed by atoms with E-state index in [4.69, 9.17) is 0 Å². The Morgan fingerprint density at radius 1 is 1.12 bits per heavy atom. The Labute approximate surface area is 146 Å². The Morgan fingerprint density at radius 3 is 2.68 bits per heavy atom. The molecule has 4 rings (SSSR count). The number of hydrogen-bond donors (Lipinski definition) is 0.